The molecule has 1 aromatic rings. The average Bonchev–Trinajstić information content (AvgIpc) is 2.62. The maximum atomic E-state index is 12.5. The molecule has 0 bridgehead atoms. The molecule has 1 aliphatic heterocycles. The van der Waals surface area contributed by atoms with E-state index in [4.69, 9.17) is 4.74 Å². The molecule has 0 aliphatic carbocycles. The van der Waals surface area contributed by atoms with E-state index in [1.807, 2.05) is 0 Å². The van der Waals surface area contributed by atoms with E-state index in [0.717, 1.165) is 0 Å². The van der Waals surface area contributed by atoms with Crippen molar-refractivity contribution < 1.29 is 26.4 Å². The van der Waals surface area contributed by atoms with Gasteiger partial charge in [0.05, 0.1) is 17.3 Å². The van der Waals surface area contributed by atoms with E-state index in [9.17, 15) is 21.6 Å². The topological polar surface area (TPSA) is 122 Å². The van der Waals surface area contributed by atoms with Gasteiger partial charge in [0.15, 0.2) is 0 Å². The molecule has 1 amide bonds. The fourth-order valence-electron chi connectivity index (χ4n) is 2.77. The zero-order valence-electron chi connectivity index (χ0n) is 15.1. The number of hydrogen-bond donors (Lipinski definition) is 2. The lowest BCUT2D eigenvalue weighted by Crippen LogP contribution is -2.50. The van der Waals surface area contributed by atoms with Crippen molar-refractivity contribution >= 4 is 26.1 Å². The van der Waals surface area contributed by atoms with Crippen LogP contribution < -0.4 is 10.0 Å². The van der Waals surface area contributed by atoms with Gasteiger partial charge in [-0.25, -0.2) is 26.4 Å². The third kappa shape index (κ3) is 6.45. The van der Waals surface area contributed by atoms with Crippen molar-refractivity contribution in [1.29, 1.82) is 0 Å². The second-order valence-corrected chi connectivity index (χ2v) is 9.94. The summed E-state index contributed by atoms with van der Waals surface area (Å²) in [5.74, 6) is -0.356. The van der Waals surface area contributed by atoms with Crippen LogP contribution in [0.25, 0.3) is 0 Å². The van der Waals surface area contributed by atoms with Crippen molar-refractivity contribution in [2.45, 2.75) is 30.7 Å². The van der Waals surface area contributed by atoms with Crippen LogP contribution in [-0.4, -0.2) is 65.3 Å². The molecule has 1 atom stereocenters. The number of nitrogens with one attached hydrogen (secondary N) is 2. The molecule has 1 saturated heterocycles. The Balaban J connectivity index is 1.89. The van der Waals surface area contributed by atoms with Crippen LogP contribution in [0.15, 0.2) is 35.2 Å². The zero-order chi connectivity index (χ0) is 19.9. The van der Waals surface area contributed by atoms with Gasteiger partial charge in [0.2, 0.25) is 20.0 Å². The highest BCUT2D eigenvalue weighted by Gasteiger charge is 2.30. The van der Waals surface area contributed by atoms with Crippen LogP contribution in [-0.2, 0) is 24.8 Å². The van der Waals surface area contributed by atoms with Crippen molar-refractivity contribution in [3.63, 3.8) is 0 Å². The number of ether oxygens (including phenoxy) is 1. The molecule has 11 heteroatoms. The number of hydrogen-bond acceptors (Lipinski definition) is 6. The van der Waals surface area contributed by atoms with Gasteiger partial charge >= 0.3 is 6.09 Å². The molecule has 152 valence electrons. The summed E-state index contributed by atoms with van der Waals surface area (Å²) >= 11 is 0. The molecule has 2 N–H and O–H groups in total. The molecule has 9 nitrogen and oxygen atoms in total. The first-order valence-corrected chi connectivity index (χ1v) is 11.8. The number of alkyl carbamates (subject to hydrolysis) is 1. The summed E-state index contributed by atoms with van der Waals surface area (Å²) in [6, 6.07) is 7.43. The molecule has 27 heavy (non-hydrogen) atoms. The summed E-state index contributed by atoms with van der Waals surface area (Å²) in [4.78, 5) is 11.6. The normalized spacial score (nSPS) is 18.8. The third-order valence-corrected chi connectivity index (χ3v) is 7.40. The third-order valence-electron chi connectivity index (χ3n) is 4.08. The number of sulfonamides is 2. The molecule has 1 fully saturated rings. The van der Waals surface area contributed by atoms with Gasteiger partial charge in [-0.05, 0) is 31.9 Å². The van der Waals surface area contributed by atoms with Crippen LogP contribution in [0.1, 0.15) is 19.8 Å². The highest BCUT2D eigenvalue weighted by atomic mass is 32.2. The summed E-state index contributed by atoms with van der Waals surface area (Å²) < 4.78 is 57.7. The number of piperidine rings is 1. The Morgan fingerprint density at radius 1 is 1.22 bits per heavy atom. The molecule has 0 radical (unpaired) electrons. The van der Waals surface area contributed by atoms with E-state index in [0.29, 0.717) is 19.4 Å². The van der Waals surface area contributed by atoms with E-state index < -0.39 is 26.1 Å². The van der Waals surface area contributed by atoms with Crippen molar-refractivity contribution in [2.75, 3.05) is 32.0 Å². The van der Waals surface area contributed by atoms with E-state index in [1.165, 1.54) is 16.4 Å². The van der Waals surface area contributed by atoms with Gasteiger partial charge in [0.25, 0.3) is 0 Å². The van der Waals surface area contributed by atoms with Crippen LogP contribution in [0.5, 0.6) is 0 Å². The lowest BCUT2D eigenvalue weighted by atomic mass is 10.1. The predicted molar refractivity (Wildman–Crippen MR) is 100 cm³/mol. The minimum Gasteiger partial charge on any atom is -0.450 e. The molecule has 1 unspecified atom stereocenters. The molecule has 0 saturated carbocycles. The first-order valence-electron chi connectivity index (χ1n) is 8.70. The van der Waals surface area contributed by atoms with Crippen molar-refractivity contribution in [3.8, 4) is 0 Å². The lowest BCUT2D eigenvalue weighted by Gasteiger charge is -2.32. The minimum absolute atomic E-state index is 0.0825. The highest BCUT2D eigenvalue weighted by Crippen LogP contribution is 2.15. The van der Waals surface area contributed by atoms with Gasteiger partial charge in [-0.3, -0.25) is 0 Å². The maximum Gasteiger partial charge on any atom is 0.407 e. The first-order chi connectivity index (χ1) is 12.7. The van der Waals surface area contributed by atoms with Gasteiger partial charge in [-0.1, -0.05) is 18.2 Å². The number of amides is 1. The molecule has 1 heterocycles. The van der Waals surface area contributed by atoms with E-state index in [-0.39, 0.29) is 36.4 Å². The van der Waals surface area contributed by atoms with Crippen molar-refractivity contribution in [2.24, 2.45) is 0 Å². The zero-order valence-corrected chi connectivity index (χ0v) is 16.8. The van der Waals surface area contributed by atoms with Gasteiger partial charge in [0, 0.05) is 25.7 Å². The van der Waals surface area contributed by atoms with Crippen LogP contribution in [0, 0.1) is 0 Å². The maximum absolute atomic E-state index is 12.5. The second-order valence-electron chi connectivity index (χ2n) is 6.09. The van der Waals surface area contributed by atoms with Crippen LogP contribution in [0.3, 0.4) is 0 Å². The average molecular weight is 420 g/mol. The molecule has 1 aromatic carbocycles. The quantitative estimate of drug-likeness (QED) is 0.633. The molecule has 2 rings (SSSR count). The number of carbonyl (C=O) groups is 1. The van der Waals surface area contributed by atoms with Crippen LogP contribution >= 0.6 is 0 Å². The Labute approximate surface area is 160 Å². The predicted octanol–water partition coefficient (Wildman–Crippen LogP) is 0.505. The Bertz CT molecular complexity index is 827. The number of rotatable bonds is 8. The second kappa shape index (κ2) is 9.49. The molecular formula is C16H25N3O6S2. The Kier molecular flexibility index (Phi) is 7.59. The lowest BCUT2D eigenvalue weighted by molar-refractivity contribution is 0.142. The largest absolute Gasteiger partial charge is 0.450 e. The summed E-state index contributed by atoms with van der Waals surface area (Å²) in [5.41, 5.74) is 0. The molecular weight excluding hydrogens is 394 g/mol. The Morgan fingerprint density at radius 3 is 2.59 bits per heavy atom. The van der Waals surface area contributed by atoms with Gasteiger partial charge < -0.3 is 10.1 Å². The Morgan fingerprint density at radius 2 is 1.93 bits per heavy atom. The fourth-order valence-corrected chi connectivity index (χ4v) is 5.38. The first kappa shape index (κ1) is 21.6. The molecule has 0 spiro atoms. The van der Waals surface area contributed by atoms with Gasteiger partial charge in [-0.15, -0.1) is 0 Å². The minimum atomic E-state index is -3.75. The standard InChI is InChI=1S/C16H25N3O6S2/c1-2-25-16(20)18-14-7-6-11-19(13-14)26(21,22)12-10-17-27(23,24)15-8-4-3-5-9-15/h3-5,8-9,14,17H,2,6-7,10-13H2,1H3,(H,18,20). The van der Waals surface area contributed by atoms with Crippen LogP contribution in [0.4, 0.5) is 4.79 Å². The summed E-state index contributed by atoms with van der Waals surface area (Å²) in [6.45, 7) is 2.18. The Hall–Kier alpha value is -1.69. The summed E-state index contributed by atoms with van der Waals surface area (Å²) in [6.07, 6.45) is 0.690. The monoisotopic (exact) mass is 419 g/mol. The highest BCUT2D eigenvalue weighted by molar-refractivity contribution is 7.90. The smallest absolute Gasteiger partial charge is 0.407 e. The summed E-state index contributed by atoms with van der Waals surface area (Å²) in [7, 11) is -7.41. The summed E-state index contributed by atoms with van der Waals surface area (Å²) in [5, 5.41) is 2.64. The number of benzene rings is 1. The van der Waals surface area contributed by atoms with Gasteiger partial charge in [0.1, 0.15) is 0 Å². The number of carbonyl (C=O) groups excluding carboxylic acids is 1. The fraction of sp³-hybridized carbons (Fsp3) is 0.562. The number of nitrogens with zero attached hydrogens (tertiary/aromatic N) is 1. The van der Waals surface area contributed by atoms with E-state index >= 15 is 0 Å². The molecule has 0 aromatic heterocycles. The van der Waals surface area contributed by atoms with E-state index in [1.54, 1.807) is 25.1 Å². The SMILES string of the molecule is CCOC(=O)NC1CCCN(S(=O)(=O)CCNS(=O)(=O)c2ccccc2)C1. The van der Waals surface area contributed by atoms with Crippen molar-refractivity contribution in [3.05, 3.63) is 30.3 Å². The van der Waals surface area contributed by atoms with Crippen molar-refractivity contribution in [1.82, 2.24) is 14.3 Å². The molecule has 1 aliphatic rings. The van der Waals surface area contributed by atoms with E-state index in [2.05, 4.69) is 10.0 Å². The van der Waals surface area contributed by atoms with Crippen LogP contribution in [0.2, 0.25) is 0 Å². The van der Waals surface area contributed by atoms with Gasteiger partial charge in [-0.2, -0.15) is 4.31 Å².